The number of likely N-dealkylation sites (N-methyl/N-ethyl adjacent to an activating group) is 1. The standard InChI is InChI=1S/C12H23N5O3S/c1-3-17-4-5-20-10(8-17)7-14-21(18,19)12-9(2)15-16-11(12)6-13/h10,14H,3-8,13H2,1-2H3,(H,15,16). The van der Waals surface area contributed by atoms with Gasteiger partial charge in [-0.25, -0.2) is 13.1 Å². The molecule has 1 fully saturated rings. The molecule has 1 aromatic rings. The third-order valence-corrected chi connectivity index (χ3v) is 5.22. The molecule has 0 saturated carbocycles. The number of ether oxygens (including phenoxy) is 1. The molecule has 0 radical (unpaired) electrons. The van der Waals surface area contributed by atoms with Gasteiger partial charge in [0.15, 0.2) is 0 Å². The molecule has 2 heterocycles. The van der Waals surface area contributed by atoms with E-state index in [1.54, 1.807) is 6.92 Å². The van der Waals surface area contributed by atoms with Crippen molar-refractivity contribution in [2.75, 3.05) is 32.8 Å². The van der Waals surface area contributed by atoms with Gasteiger partial charge in [0.05, 0.1) is 24.1 Å². The molecule has 0 spiro atoms. The summed E-state index contributed by atoms with van der Waals surface area (Å²) in [4.78, 5) is 2.38. The summed E-state index contributed by atoms with van der Waals surface area (Å²) in [6, 6.07) is 0. The summed E-state index contributed by atoms with van der Waals surface area (Å²) >= 11 is 0. The Balaban J connectivity index is 2.03. The third kappa shape index (κ3) is 3.80. The molecule has 1 aliphatic heterocycles. The van der Waals surface area contributed by atoms with Gasteiger partial charge in [-0.3, -0.25) is 10.00 Å². The Morgan fingerprint density at radius 1 is 1.57 bits per heavy atom. The molecule has 1 aromatic heterocycles. The van der Waals surface area contributed by atoms with Crippen molar-refractivity contribution in [1.29, 1.82) is 0 Å². The lowest BCUT2D eigenvalue weighted by atomic mass is 10.3. The van der Waals surface area contributed by atoms with E-state index < -0.39 is 10.0 Å². The molecular weight excluding hydrogens is 294 g/mol. The lowest BCUT2D eigenvalue weighted by Gasteiger charge is -2.32. The van der Waals surface area contributed by atoms with Crippen molar-refractivity contribution in [3.63, 3.8) is 0 Å². The molecule has 0 bridgehead atoms. The number of aromatic amines is 1. The first-order valence-electron chi connectivity index (χ1n) is 7.05. The monoisotopic (exact) mass is 317 g/mol. The van der Waals surface area contributed by atoms with E-state index in [4.69, 9.17) is 10.5 Å². The molecule has 0 aromatic carbocycles. The number of sulfonamides is 1. The Morgan fingerprint density at radius 2 is 2.33 bits per heavy atom. The number of aryl methyl sites for hydroxylation is 1. The van der Waals surface area contributed by atoms with Crippen LogP contribution in [0.2, 0.25) is 0 Å². The molecule has 4 N–H and O–H groups in total. The van der Waals surface area contributed by atoms with E-state index in [-0.39, 0.29) is 24.1 Å². The minimum Gasteiger partial charge on any atom is -0.374 e. The third-order valence-electron chi connectivity index (χ3n) is 3.59. The number of aromatic nitrogens is 2. The first-order chi connectivity index (χ1) is 9.97. The van der Waals surface area contributed by atoms with Crippen LogP contribution in [0.15, 0.2) is 4.90 Å². The van der Waals surface area contributed by atoms with Crippen LogP contribution in [0, 0.1) is 6.92 Å². The summed E-state index contributed by atoms with van der Waals surface area (Å²) in [7, 11) is -3.64. The average molecular weight is 317 g/mol. The van der Waals surface area contributed by atoms with Crippen LogP contribution in [0.3, 0.4) is 0 Å². The summed E-state index contributed by atoms with van der Waals surface area (Å²) < 4.78 is 33.0. The Morgan fingerprint density at radius 3 is 3.00 bits per heavy atom. The topological polar surface area (TPSA) is 113 Å². The predicted octanol–water partition coefficient (Wildman–Crippen LogP) is -0.824. The molecule has 8 nitrogen and oxygen atoms in total. The first-order valence-corrected chi connectivity index (χ1v) is 8.53. The molecule has 1 unspecified atom stereocenters. The van der Waals surface area contributed by atoms with Crippen LogP contribution in [-0.4, -0.2) is 62.4 Å². The van der Waals surface area contributed by atoms with Crippen molar-refractivity contribution in [3.05, 3.63) is 11.4 Å². The van der Waals surface area contributed by atoms with Crippen LogP contribution in [0.25, 0.3) is 0 Å². The maximum absolute atomic E-state index is 12.4. The smallest absolute Gasteiger partial charge is 0.244 e. The summed E-state index contributed by atoms with van der Waals surface area (Å²) in [5, 5.41) is 6.57. The van der Waals surface area contributed by atoms with Crippen LogP contribution < -0.4 is 10.5 Å². The van der Waals surface area contributed by atoms with E-state index in [9.17, 15) is 8.42 Å². The highest BCUT2D eigenvalue weighted by Crippen LogP contribution is 2.17. The van der Waals surface area contributed by atoms with E-state index in [1.165, 1.54) is 0 Å². The number of nitrogens with zero attached hydrogens (tertiary/aromatic N) is 2. The molecule has 1 aliphatic rings. The zero-order valence-corrected chi connectivity index (χ0v) is 13.2. The van der Waals surface area contributed by atoms with Gasteiger partial charge in [-0.05, 0) is 13.5 Å². The van der Waals surface area contributed by atoms with Gasteiger partial charge in [-0.15, -0.1) is 0 Å². The van der Waals surface area contributed by atoms with Crippen LogP contribution in [0.4, 0.5) is 0 Å². The van der Waals surface area contributed by atoms with E-state index in [0.29, 0.717) is 18.0 Å². The van der Waals surface area contributed by atoms with E-state index in [2.05, 4.69) is 26.7 Å². The lowest BCUT2D eigenvalue weighted by Crippen LogP contribution is -2.47. The zero-order valence-electron chi connectivity index (χ0n) is 12.4. The Bertz CT molecular complexity index is 571. The minimum atomic E-state index is -3.64. The highest BCUT2D eigenvalue weighted by atomic mass is 32.2. The quantitative estimate of drug-likeness (QED) is 0.631. The van der Waals surface area contributed by atoms with E-state index in [0.717, 1.165) is 19.6 Å². The fourth-order valence-electron chi connectivity index (χ4n) is 2.43. The molecule has 2 rings (SSSR count). The van der Waals surface area contributed by atoms with Crippen LogP contribution >= 0.6 is 0 Å². The Labute approximate surface area is 125 Å². The summed E-state index contributed by atoms with van der Waals surface area (Å²) in [5.74, 6) is 0. The Kier molecular flexibility index (Phi) is 5.33. The van der Waals surface area contributed by atoms with Crippen molar-refractivity contribution in [3.8, 4) is 0 Å². The lowest BCUT2D eigenvalue weighted by molar-refractivity contribution is -0.0229. The highest BCUT2D eigenvalue weighted by molar-refractivity contribution is 7.89. The minimum absolute atomic E-state index is 0.0735. The molecule has 1 saturated heterocycles. The van der Waals surface area contributed by atoms with Crippen molar-refractivity contribution < 1.29 is 13.2 Å². The van der Waals surface area contributed by atoms with Crippen LogP contribution in [0.5, 0.6) is 0 Å². The number of nitrogens with one attached hydrogen (secondary N) is 2. The number of rotatable bonds is 6. The summed E-state index contributed by atoms with van der Waals surface area (Å²) in [6.07, 6.45) is -0.137. The fraction of sp³-hybridized carbons (Fsp3) is 0.750. The normalized spacial score (nSPS) is 20.8. The average Bonchev–Trinajstić information content (AvgIpc) is 2.87. The number of hydrogen-bond donors (Lipinski definition) is 3. The molecule has 1 atom stereocenters. The zero-order chi connectivity index (χ0) is 15.5. The second-order valence-electron chi connectivity index (χ2n) is 5.07. The Hall–Kier alpha value is -1.00. The summed E-state index contributed by atoms with van der Waals surface area (Å²) in [6.45, 7) is 7.23. The maximum Gasteiger partial charge on any atom is 0.244 e. The highest BCUT2D eigenvalue weighted by Gasteiger charge is 2.26. The van der Waals surface area contributed by atoms with Crippen molar-refractivity contribution >= 4 is 10.0 Å². The molecule has 9 heteroatoms. The van der Waals surface area contributed by atoms with Crippen molar-refractivity contribution in [1.82, 2.24) is 19.8 Å². The van der Waals surface area contributed by atoms with Gasteiger partial charge < -0.3 is 10.5 Å². The number of nitrogens with two attached hydrogens (primary N) is 1. The number of H-pyrrole nitrogens is 1. The van der Waals surface area contributed by atoms with Crippen molar-refractivity contribution in [2.45, 2.75) is 31.4 Å². The second-order valence-corrected chi connectivity index (χ2v) is 6.77. The molecule has 0 aliphatic carbocycles. The largest absolute Gasteiger partial charge is 0.374 e. The predicted molar refractivity (Wildman–Crippen MR) is 78.3 cm³/mol. The number of hydrogen-bond acceptors (Lipinski definition) is 6. The van der Waals surface area contributed by atoms with Gasteiger partial charge in [-0.2, -0.15) is 5.10 Å². The van der Waals surface area contributed by atoms with Gasteiger partial charge >= 0.3 is 0 Å². The van der Waals surface area contributed by atoms with E-state index >= 15 is 0 Å². The molecule has 120 valence electrons. The second kappa shape index (κ2) is 6.84. The van der Waals surface area contributed by atoms with Crippen LogP contribution in [0.1, 0.15) is 18.3 Å². The van der Waals surface area contributed by atoms with Gasteiger partial charge in [0.1, 0.15) is 4.90 Å². The van der Waals surface area contributed by atoms with E-state index in [1.807, 2.05) is 0 Å². The van der Waals surface area contributed by atoms with Gasteiger partial charge in [0, 0.05) is 26.2 Å². The molecule has 0 amide bonds. The summed E-state index contributed by atoms with van der Waals surface area (Å²) in [5.41, 5.74) is 6.37. The van der Waals surface area contributed by atoms with Gasteiger partial charge in [0.2, 0.25) is 10.0 Å². The van der Waals surface area contributed by atoms with Gasteiger partial charge in [0.25, 0.3) is 0 Å². The SMILES string of the molecule is CCN1CCOC(CNS(=O)(=O)c2c(CN)n[nH]c2C)C1. The first kappa shape index (κ1) is 16.4. The molecular formula is C12H23N5O3S. The maximum atomic E-state index is 12.4. The van der Waals surface area contributed by atoms with Crippen molar-refractivity contribution in [2.24, 2.45) is 5.73 Å². The van der Waals surface area contributed by atoms with Crippen LogP contribution in [-0.2, 0) is 21.3 Å². The van der Waals surface area contributed by atoms with Gasteiger partial charge in [-0.1, -0.05) is 6.92 Å². The fourth-order valence-corrected chi connectivity index (χ4v) is 3.87. The molecule has 21 heavy (non-hydrogen) atoms. The number of morpholine rings is 1.